The van der Waals surface area contributed by atoms with Gasteiger partial charge in [0, 0.05) is 24.8 Å². The zero-order valence-electron chi connectivity index (χ0n) is 15.2. The summed E-state index contributed by atoms with van der Waals surface area (Å²) in [6.45, 7) is 1.36. The van der Waals surface area contributed by atoms with E-state index in [9.17, 15) is 22.8 Å². The summed E-state index contributed by atoms with van der Waals surface area (Å²) < 4.78 is 38.3. The third kappa shape index (κ3) is 4.35. The summed E-state index contributed by atoms with van der Waals surface area (Å²) in [5, 5.41) is 7.12. The van der Waals surface area contributed by atoms with Crippen molar-refractivity contribution in [3.05, 3.63) is 34.8 Å². The van der Waals surface area contributed by atoms with E-state index >= 15 is 0 Å². The molecule has 0 fully saturated rings. The quantitative estimate of drug-likeness (QED) is 0.730. The van der Waals surface area contributed by atoms with E-state index in [-0.39, 0.29) is 29.9 Å². The molecule has 2 aliphatic rings. The lowest BCUT2D eigenvalue weighted by molar-refractivity contribution is -0.192. The lowest BCUT2D eigenvalue weighted by Gasteiger charge is -2.33. The number of carboxylic acids is 1. The summed E-state index contributed by atoms with van der Waals surface area (Å²) in [4.78, 5) is 34.8. The Kier molecular flexibility index (Phi) is 6.17. The molecule has 3 N–H and O–H groups in total. The summed E-state index contributed by atoms with van der Waals surface area (Å²) >= 11 is 0. The number of likely N-dealkylation sites (N-methyl/N-ethyl adjacent to an activating group) is 1. The first kappa shape index (κ1) is 21.5. The Bertz CT molecular complexity index is 829. The number of aryl methyl sites for hydroxylation is 1. The lowest BCUT2D eigenvalue weighted by Crippen LogP contribution is -2.35. The maximum Gasteiger partial charge on any atom is 0.490 e. The molecule has 0 amide bonds. The number of ether oxygens (including phenoxy) is 1. The van der Waals surface area contributed by atoms with Crippen LogP contribution in [0.25, 0.3) is 0 Å². The molecule has 1 unspecified atom stereocenters. The van der Waals surface area contributed by atoms with E-state index in [1.165, 1.54) is 12.7 Å². The number of alkyl halides is 3. The summed E-state index contributed by atoms with van der Waals surface area (Å²) in [6.07, 6.45) is -0.119. The molecule has 0 radical (unpaired) electrons. The second-order valence-corrected chi connectivity index (χ2v) is 6.37. The van der Waals surface area contributed by atoms with E-state index in [0.29, 0.717) is 12.2 Å². The van der Waals surface area contributed by atoms with Crippen LogP contribution in [0.5, 0.6) is 0 Å². The van der Waals surface area contributed by atoms with Crippen LogP contribution in [0.3, 0.4) is 0 Å². The predicted octanol–water partition coefficient (Wildman–Crippen LogP) is 1.25. The molecule has 154 valence electrons. The highest BCUT2D eigenvalue weighted by atomic mass is 19.4. The van der Waals surface area contributed by atoms with Gasteiger partial charge in [0.1, 0.15) is 0 Å². The third-order valence-corrected chi connectivity index (χ3v) is 4.55. The first-order chi connectivity index (χ1) is 13.0. The number of carbonyl (C=O) groups is 3. The van der Waals surface area contributed by atoms with Crippen LogP contribution >= 0.6 is 0 Å². The molecule has 2 heterocycles. The molecule has 0 saturated carbocycles. The maximum absolute atomic E-state index is 12.4. The molecule has 11 heteroatoms. The van der Waals surface area contributed by atoms with Crippen LogP contribution in [0.4, 0.5) is 13.2 Å². The Morgan fingerprint density at radius 2 is 2.00 bits per heavy atom. The number of methoxy groups -OCH3 is 1. The number of nitrogens with two attached hydrogens (primary N) is 1. The van der Waals surface area contributed by atoms with Crippen LogP contribution in [-0.2, 0) is 27.3 Å². The molecule has 1 aliphatic heterocycles. The minimum absolute atomic E-state index is 0.0563. The molecule has 0 saturated heterocycles. The summed E-state index contributed by atoms with van der Waals surface area (Å²) in [6, 6.07) is 0.0563. The molecule has 1 atom stereocenters. The molecule has 1 aliphatic carbocycles. The summed E-state index contributed by atoms with van der Waals surface area (Å²) in [5.41, 5.74) is 9.02. The highest BCUT2D eigenvalue weighted by molar-refractivity contribution is 6.09. The zero-order valence-corrected chi connectivity index (χ0v) is 15.2. The van der Waals surface area contributed by atoms with Gasteiger partial charge in [-0.15, -0.1) is 0 Å². The van der Waals surface area contributed by atoms with Crippen molar-refractivity contribution in [2.45, 2.75) is 31.6 Å². The molecule has 0 spiro atoms. The number of hydrogen-bond acceptors (Lipinski definition) is 6. The van der Waals surface area contributed by atoms with Crippen molar-refractivity contribution in [2.75, 3.05) is 20.7 Å². The van der Waals surface area contributed by atoms with Crippen molar-refractivity contribution in [3.63, 3.8) is 0 Å². The van der Waals surface area contributed by atoms with Gasteiger partial charge in [0.05, 0.1) is 31.0 Å². The van der Waals surface area contributed by atoms with E-state index in [0.717, 1.165) is 18.5 Å². The number of ketones is 1. The van der Waals surface area contributed by atoms with Gasteiger partial charge >= 0.3 is 18.1 Å². The number of rotatable bonds is 3. The smallest absolute Gasteiger partial charge is 0.475 e. The molecular formula is C17H20F3N3O5. The van der Waals surface area contributed by atoms with Crippen molar-refractivity contribution in [1.82, 2.24) is 9.47 Å². The van der Waals surface area contributed by atoms with E-state index in [1.54, 1.807) is 0 Å². The fraction of sp³-hybridized carbons (Fsp3) is 0.471. The van der Waals surface area contributed by atoms with Crippen LogP contribution in [0.1, 0.15) is 34.1 Å². The molecule has 8 nitrogen and oxygen atoms in total. The maximum atomic E-state index is 12.4. The Hall–Kier alpha value is -2.82. The molecular weight excluding hydrogens is 383 g/mol. The topological polar surface area (TPSA) is 115 Å². The number of halogens is 3. The van der Waals surface area contributed by atoms with Gasteiger partial charge in [-0.1, -0.05) is 0 Å². The molecule has 1 aromatic heterocycles. The van der Waals surface area contributed by atoms with Crippen LogP contribution in [0.2, 0.25) is 0 Å². The van der Waals surface area contributed by atoms with Crippen molar-refractivity contribution in [2.24, 2.45) is 5.73 Å². The second kappa shape index (κ2) is 8.05. The van der Waals surface area contributed by atoms with E-state index in [1.807, 2.05) is 23.9 Å². The third-order valence-electron chi connectivity index (χ3n) is 4.55. The first-order valence-electron chi connectivity index (χ1n) is 8.28. The number of carboxylic acid groups (broad SMARTS) is 1. The van der Waals surface area contributed by atoms with E-state index in [4.69, 9.17) is 15.6 Å². The van der Waals surface area contributed by atoms with E-state index in [2.05, 4.69) is 9.64 Å². The van der Waals surface area contributed by atoms with Gasteiger partial charge in [-0.05, 0) is 25.1 Å². The minimum atomic E-state index is -5.08. The Morgan fingerprint density at radius 1 is 1.39 bits per heavy atom. The first-order valence-corrected chi connectivity index (χ1v) is 8.28. The van der Waals surface area contributed by atoms with Crippen LogP contribution in [0, 0.1) is 0 Å². The lowest BCUT2D eigenvalue weighted by atomic mass is 9.88. The highest BCUT2D eigenvalue weighted by Crippen LogP contribution is 2.38. The van der Waals surface area contributed by atoms with Gasteiger partial charge < -0.3 is 20.1 Å². The van der Waals surface area contributed by atoms with Gasteiger partial charge in [0.2, 0.25) is 5.78 Å². The average molecular weight is 403 g/mol. The van der Waals surface area contributed by atoms with E-state index < -0.39 is 12.1 Å². The van der Waals surface area contributed by atoms with Crippen LogP contribution in [0.15, 0.2) is 18.0 Å². The van der Waals surface area contributed by atoms with Gasteiger partial charge in [0.25, 0.3) is 0 Å². The predicted molar refractivity (Wildman–Crippen MR) is 90.4 cm³/mol. The number of Topliss-reactive ketones (excluding diaryl/α,β-unsaturated/α-hetero) is 1. The fourth-order valence-corrected chi connectivity index (χ4v) is 3.15. The van der Waals surface area contributed by atoms with Crippen molar-refractivity contribution < 1.29 is 37.4 Å². The molecule has 0 bridgehead atoms. The van der Waals surface area contributed by atoms with Crippen molar-refractivity contribution in [3.8, 4) is 0 Å². The zero-order chi connectivity index (χ0) is 21.2. The summed E-state index contributed by atoms with van der Waals surface area (Å²) in [7, 11) is 3.40. The minimum Gasteiger partial charge on any atom is -0.475 e. The fourth-order valence-electron chi connectivity index (χ4n) is 3.15. The molecule has 0 aromatic carbocycles. The molecule has 3 rings (SSSR count). The molecule has 1 aromatic rings. The number of aliphatic carboxylic acids is 1. The average Bonchev–Trinajstić information content (AvgIpc) is 2.99. The monoisotopic (exact) mass is 403 g/mol. The van der Waals surface area contributed by atoms with Crippen molar-refractivity contribution in [1.29, 1.82) is 0 Å². The SMILES string of the molecule is COC(=O)CCn1cc2c3c1C(=O)C(N)=CC3N(C)CC2.O=C(O)C(F)(F)F. The van der Waals surface area contributed by atoms with Crippen molar-refractivity contribution >= 4 is 17.7 Å². The van der Waals surface area contributed by atoms with Gasteiger partial charge in [0.15, 0.2) is 0 Å². The number of aromatic nitrogens is 1. The largest absolute Gasteiger partial charge is 0.490 e. The highest BCUT2D eigenvalue weighted by Gasteiger charge is 2.38. The Morgan fingerprint density at radius 3 is 2.54 bits per heavy atom. The Labute approximate surface area is 158 Å². The second-order valence-electron chi connectivity index (χ2n) is 6.37. The standard InChI is InChI=1S/C15H19N3O3.C2HF3O2/c1-17-5-3-9-8-18(6-4-12(19)21-2)14-13(9)11(17)7-10(16)15(14)20;3-2(4,5)1(6)7/h7-8,11H,3-6,16H2,1-2H3;(H,6,7). The van der Waals surface area contributed by atoms with Gasteiger partial charge in [-0.25, -0.2) is 4.79 Å². The number of allylic oxidation sites excluding steroid dienone is 1. The summed E-state index contributed by atoms with van der Waals surface area (Å²) in [5.74, 6) is -3.19. The number of carbonyl (C=O) groups excluding carboxylic acids is 2. The number of esters is 1. The normalized spacial score (nSPS) is 18.5. The number of hydrogen-bond donors (Lipinski definition) is 2. The Balaban J connectivity index is 0.000000345. The van der Waals surface area contributed by atoms with Crippen LogP contribution in [-0.4, -0.2) is 59.2 Å². The number of nitrogens with zero attached hydrogens (tertiary/aromatic N) is 2. The van der Waals surface area contributed by atoms with Crippen LogP contribution < -0.4 is 5.73 Å². The molecule has 28 heavy (non-hydrogen) atoms. The van der Waals surface area contributed by atoms with Gasteiger partial charge in [-0.2, -0.15) is 13.2 Å². The van der Waals surface area contributed by atoms with Gasteiger partial charge in [-0.3, -0.25) is 14.5 Å².